The smallest absolute Gasteiger partial charge is 0.407 e. The number of hydrogen-bond acceptors (Lipinski definition) is 3. The van der Waals surface area contributed by atoms with Gasteiger partial charge in [-0.15, -0.1) is 0 Å². The minimum absolute atomic E-state index is 0.173. The number of rotatable bonds is 4. The Hall–Kier alpha value is -1.63. The molecule has 7 heteroatoms. The van der Waals surface area contributed by atoms with Crippen LogP contribution >= 0.6 is 15.9 Å². The predicted molar refractivity (Wildman–Crippen MR) is 89.9 cm³/mol. The van der Waals surface area contributed by atoms with Crippen LogP contribution in [-0.2, 0) is 4.74 Å². The molecule has 0 spiro atoms. The van der Waals surface area contributed by atoms with Crippen molar-refractivity contribution in [1.29, 1.82) is 0 Å². The van der Waals surface area contributed by atoms with Crippen molar-refractivity contribution in [3.05, 3.63) is 34.1 Å². The fourth-order valence-corrected chi connectivity index (χ4v) is 1.92. The first-order valence-electron chi connectivity index (χ1n) is 7.14. The molecule has 5 nitrogen and oxygen atoms in total. The fourth-order valence-electron chi connectivity index (χ4n) is 1.67. The molecule has 2 amide bonds. The largest absolute Gasteiger partial charge is 0.444 e. The Morgan fingerprint density at radius 1 is 1.22 bits per heavy atom. The highest BCUT2D eigenvalue weighted by Crippen LogP contribution is 2.17. The molecule has 0 saturated carbocycles. The first-order chi connectivity index (χ1) is 10.4. The lowest BCUT2D eigenvalue weighted by Gasteiger charge is -2.27. The molecule has 0 radical (unpaired) electrons. The number of halogens is 2. The molecule has 1 aromatic carbocycles. The van der Waals surface area contributed by atoms with Crippen molar-refractivity contribution in [2.45, 2.75) is 45.8 Å². The van der Waals surface area contributed by atoms with E-state index in [0.29, 0.717) is 4.47 Å². The molecule has 0 aliphatic heterocycles. The van der Waals surface area contributed by atoms with E-state index >= 15 is 0 Å². The third-order valence-corrected chi connectivity index (χ3v) is 3.35. The molecule has 0 unspecified atom stereocenters. The van der Waals surface area contributed by atoms with Crippen LogP contribution in [0.5, 0.6) is 0 Å². The van der Waals surface area contributed by atoms with E-state index in [2.05, 4.69) is 26.6 Å². The number of carbonyl (C=O) groups is 2. The lowest BCUT2D eigenvalue weighted by molar-refractivity contribution is 0.0509. The van der Waals surface area contributed by atoms with Crippen LogP contribution in [0.3, 0.4) is 0 Å². The van der Waals surface area contributed by atoms with Gasteiger partial charge < -0.3 is 15.4 Å². The van der Waals surface area contributed by atoms with Gasteiger partial charge in [0.25, 0.3) is 5.91 Å². The predicted octanol–water partition coefficient (Wildman–Crippen LogP) is 3.62. The van der Waals surface area contributed by atoms with E-state index in [1.807, 2.05) is 0 Å². The molecule has 0 heterocycles. The quantitative estimate of drug-likeness (QED) is 0.827. The molecule has 1 aromatic rings. The molecule has 0 aliphatic carbocycles. The Morgan fingerprint density at radius 3 is 2.35 bits per heavy atom. The topological polar surface area (TPSA) is 67.4 Å². The van der Waals surface area contributed by atoms with E-state index in [-0.39, 0.29) is 12.1 Å². The van der Waals surface area contributed by atoms with Gasteiger partial charge in [0.2, 0.25) is 0 Å². The van der Waals surface area contributed by atoms with Crippen LogP contribution in [0, 0.1) is 5.82 Å². The third-order valence-electron chi connectivity index (χ3n) is 2.71. The van der Waals surface area contributed by atoms with E-state index in [9.17, 15) is 14.0 Å². The van der Waals surface area contributed by atoms with Gasteiger partial charge in [-0.2, -0.15) is 0 Å². The third kappa shape index (κ3) is 6.99. The Morgan fingerprint density at radius 2 is 1.83 bits per heavy atom. The van der Waals surface area contributed by atoms with Crippen molar-refractivity contribution in [1.82, 2.24) is 10.6 Å². The molecule has 2 N–H and O–H groups in total. The van der Waals surface area contributed by atoms with Gasteiger partial charge in [0.15, 0.2) is 0 Å². The van der Waals surface area contributed by atoms with Gasteiger partial charge in [0.1, 0.15) is 11.4 Å². The molecule has 1 rings (SSSR count). The van der Waals surface area contributed by atoms with Gasteiger partial charge in [0, 0.05) is 12.1 Å². The molecular weight excluding hydrogens is 367 g/mol. The summed E-state index contributed by atoms with van der Waals surface area (Å²) in [6.07, 6.45) is -0.561. The van der Waals surface area contributed by atoms with Crippen LogP contribution < -0.4 is 10.6 Å². The van der Waals surface area contributed by atoms with Crippen LogP contribution in [0.2, 0.25) is 0 Å². The van der Waals surface area contributed by atoms with E-state index in [1.54, 1.807) is 34.6 Å². The lowest BCUT2D eigenvalue weighted by Crippen LogP contribution is -2.52. The number of alkyl carbamates (subject to hydrolysis) is 1. The molecular formula is C16H22BrFN2O3. The summed E-state index contributed by atoms with van der Waals surface area (Å²) in [5.74, 6) is -0.935. The SMILES string of the molecule is CC(C)(CNC(=O)OC(C)(C)C)NC(=O)c1ccc(Br)c(F)c1. The van der Waals surface area contributed by atoms with Gasteiger partial charge in [-0.1, -0.05) is 0 Å². The number of benzene rings is 1. The Kier molecular flexibility index (Phi) is 6.16. The molecule has 0 saturated heterocycles. The zero-order valence-corrected chi connectivity index (χ0v) is 15.5. The van der Waals surface area contributed by atoms with Crippen LogP contribution in [-0.4, -0.2) is 29.7 Å². The van der Waals surface area contributed by atoms with E-state index in [4.69, 9.17) is 4.74 Å². The molecule has 0 aromatic heterocycles. The number of ether oxygens (including phenoxy) is 1. The Balaban J connectivity index is 2.61. The molecule has 0 bridgehead atoms. The second-order valence-electron chi connectivity index (χ2n) is 6.82. The fraction of sp³-hybridized carbons (Fsp3) is 0.500. The summed E-state index contributed by atoms with van der Waals surface area (Å²) in [7, 11) is 0. The summed E-state index contributed by atoms with van der Waals surface area (Å²) in [5, 5.41) is 5.35. The number of hydrogen-bond donors (Lipinski definition) is 2. The van der Waals surface area contributed by atoms with Crippen LogP contribution in [0.1, 0.15) is 45.0 Å². The standard InChI is InChI=1S/C16H22BrFN2O3/c1-15(2,3)23-14(22)19-9-16(4,5)20-13(21)10-6-7-11(17)12(18)8-10/h6-8H,9H2,1-5H3,(H,19,22)(H,20,21). The van der Waals surface area contributed by atoms with E-state index in [0.717, 1.165) is 6.07 Å². The van der Waals surface area contributed by atoms with Crippen molar-refractivity contribution in [2.24, 2.45) is 0 Å². The number of amides is 2. The number of carbonyl (C=O) groups excluding carboxylic acids is 2. The summed E-state index contributed by atoms with van der Waals surface area (Å²) in [6, 6.07) is 4.13. The van der Waals surface area contributed by atoms with Gasteiger partial charge in [-0.05, 0) is 68.7 Å². The molecule has 0 fully saturated rings. The molecule has 128 valence electrons. The number of nitrogens with one attached hydrogen (secondary N) is 2. The van der Waals surface area contributed by atoms with Crippen LogP contribution in [0.25, 0.3) is 0 Å². The monoisotopic (exact) mass is 388 g/mol. The van der Waals surface area contributed by atoms with Gasteiger partial charge in [-0.3, -0.25) is 4.79 Å². The zero-order valence-electron chi connectivity index (χ0n) is 13.9. The second-order valence-corrected chi connectivity index (χ2v) is 7.68. The maximum absolute atomic E-state index is 13.5. The van der Waals surface area contributed by atoms with Gasteiger partial charge in [-0.25, -0.2) is 9.18 Å². The lowest BCUT2D eigenvalue weighted by atomic mass is 10.0. The van der Waals surface area contributed by atoms with Gasteiger partial charge >= 0.3 is 6.09 Å². The van der Waals surface area contributed by atoms with E-state index < -0.39 is 29.0 Å². The van der Waals surface area contributed by atoms with Crippen molar-refractivity contribution in [3.63, 3.8) is 0 Å². The van der Waals surface area contributed by atoms with Crippen molar-refractivity contribution < 1.29 is 18.7 Å². The minimum Gasteiger partial charge on any atom is -0.444 e. The Labute approximate surface area is 144 Å². The summed E-state index contributed by atoms with van der Waals surface area (Å²) in [5.41, 5.74) is -1.11. The highest BCUT2D eigenvalue weighted by atomic mass is 79.9. The average Bonchev–Trinajstić information content (AvgIpc) is 2.37. The summed E-state index contributed by atoms with van der Waals surface area (Å²) < 4.78 is 18.9. The maximum Gasteiger partial charge on any atom is 0.407 e. The first-order valence-corrected chi connectivity index (χ1v) is 7.93. The summed E-state index contributed by atoms with van der Waals surface area (Å²) in [4.78, 5) is 23.8. The van der Waals surface area contributed by atoms with E-state index in [1.165, 1.54) is 12.1 Å². The second kappa shape index (κ2) is 7.29. The molecule has 23 heavy (non-hydrogen) atoms. The highest BCUT2D eigenvalue weighted by Gasteiger charge is 2.24. The maximum atomic E-state index is 13.5. The molecule has 0 aliphatic rings. The van der Waals surface area contributed by atoms with Crippen molar-refractivity contribution in [2.75, 3.05) is 6.54 Å². The van der Waals surface area contributed by atoms with Gasteiger partial charge in [0.05, 0.1) is 10.0 Å². The summed E-state index contributed by atoms with van der Waals surface area (Å²) >= 11 is 3.04. The Bertz CT molecular complexity index is 597. The van der Waals surface area contributed by atoms with Crippen molar-refractivity contribution in [3.8, 4) is 0 Å². The van der Waals surface area contributed by atoms with Crippen molar-refractivity contribution >= 4 is 27.9 Å². The van der Waals surface area contributed by atoms with Crippen LogP contribution in [0.4, 0.5) is 9.18 Å². The summed E-state index contributed by atoms with van der Waals surface area (Å²) in [6.45, 7) is 8.96. The zero-order chi connectivity index (χ0) is 17.8. The van der Waals surface area contributed by atoms with Crippen LogP contribution in [0.15, 0.2) is 22.7 Å². The first kappa shape index (κ1) is 19.4. The highest BCUT2D eigenvalue weighted by molar-refractivity contribution is 9.10. The minimum atomic E-state index is -0.725. The average molecular weight is 389 g/mol. The normalized spacial score (nSPS) is 11.8. The molecule has 0 atom stereocenters.